The highest BCUT2D eigenvalue weighted by Crippen LogP contribution is 2.21. The van der Waals surface area contributed by atoms with Gasteiger partial charge in [0.25, 0.3) is 11.6 Å². The summed E-state index contributed by atoms with van der Waals surface area (Å²) in [5.74, 6) is -0.0977. The Balaban J connectivity index is 2.12. The summed E-state index contributed by atoms with van der Waals surface area (Å²) in [4.78, 5) is 23.6. The van der Waals surface area contributed by atoms with Crippen LogP contribution in [-0.2, 0) is 7.05 Å². The van der Waals surface area contributed by atoms with E-state index < -0.39 is 4.92 Å². The van der Waals surface area contributed by atoms with Gasteiger partial charge in [0.15, 0.2) is 0 Å². The number of hydrogen-bond donors (Lipinski definition) is 1. The lowest BCUT2D eigenvalue weighted by Crippen LogP contribution is -2.51. The van der Waals surface area contributed by atoms with E-state index in [9.17, 15) is 14.9 Å². The Morgan fingerprint density at radius 3 is 2.76 bits per heavy atom. The number of nitro groups is 1. The molecule has 2 rings (SSSR count). The van der Waals surface area contributed by atoms with Crippen molar-refractivity contribution >= 4 is 11.6 Å². The summed E-state index contributed by atoms with van der Waals surface area (Å²) < 4.78 is 1.45. The van der Waals surface area contributed by atoms with Crippen molar-refractivity contribution in [2.45, 2.75) is 0 Å². The number of nitrogens with zero attached hydrogens (tertiary/aromatic N) is 3. The highest BCUT2D eigenvalue weighted by Gasteiger charge is 2.32. The van der Waals surface area contributed by atoms with Gasteiger partial charge in [-0.3, -0.25) is 14.9 Å². The summed E-state index contributed by atoms with van der Waals surface area (Å²) in [6, 6.07) is 1.27. The molecule has 0 spiro atoms. The molecular formula is C10H13N3O4. The van der Waals surface area contributed by atoms with E-state index in [-0.39, 0.29) is 24.1 Å². The molecule has 0 bridgehead atoms. The zero-order chi connectivity index (χ0) is 12.6. The van der Waals surface area contributed by atoms with Gasteiger partial charge in [-0.2, -0.15) is 0 Å². The van der Waals surface area contributed by atoms with Gasteiger partial charge in [-0.05, 0) is 0 Å². The van der Waals surface area contributed by atoms with Crippen molar-refractivity contribution in [3.8, 4) is 0 Å². The van der Waals surface area contributed by atoms with Crippen LogP contribution in [0.25, 0.3) is 0 Å². The standard InChI is InChI=1S/C10H13N3O4/c1-11-5-8(13(16)17)2-9(11)10(15)12-3-7(4-12)6-14/h2,5,7,14H,3-4,6H2,1H3. The summed E-state index contributed by atoms with van der Waals surface area (Å²) >= 11 is 0. The maximum Gasteiger partial charge on any atom is 0.287 e. The van der Waals surface area contributed by atoms with Gasteiger partial charge in [-0.15, -0.1) is 0 Å². The highest BCUT2D eigenvalue weighted by atomic mass is 16.6. The molecule has 1 amide bonds. The lowest BCUT2D eigenvalue weighted by atomic mass is 10.0. The van der Waals surface area contributed by atoms with Gasteiger partial charge in [-0.25, -0.2) is 0 Å². The maximum absolute atomic E-state index is 11.9. The molecule has 0 aromatic carbocycles. The molecule has 2 heterocycles. The Labute approximate surface area is 97.4 Å². The first-order chi connectivity index (χ1) is 8.02. The molecule has 17 heavy (non-hydrogen) atoms. The van der Waals surface area contributed by atoms with Gasteiger partial charge in [0.2, 0.25) is 0 Å². The minimum Gasteiger partial charge on any atom is -0.396 e. The van der Waals surface area contributed by atoms with Crippen LogP contribution in [0.15, 0.2) is 12.3 Å². The molecule has 7 heteroatoms. The van der Waals surface area contributed by atoms with Crippen LogP contribution >= 0.6 is 0 Å². The van der Waals surface area contributed by atoms with Crippen LogP contribution < -0.4 is 0 Å². The third-order valence-electron chi connectivity index (χ3n) is 2.92. The van der Waals surface area contributed by atoms with Crippen molar-refractivity contribution in [3.63, 3.8) is 0 Å². The van der Waals surface area contributed by atoms with Gasteiger partial charge in [-0.1, -0.05) is 0 Å². The van der Waals surface area contributed by atoms with E-state index in [1.165, 1.54) is 16.8 Å². The lowest BCUT2D eigenvalue weighted by Gasteiger charge is -2.38. The molecule has 1 aromatic rings. The van der Waals surface area contributed by atoms with Gasteiger partial charge in [0, 0.05) is 38.7 Å². The van der Waals surface area contributed by atoms with E-state index in [4.69, 9.17) is 5.11 Å². The quantitative estimate of drug-likeness (QED) is 0.593. The third kappa shape index (κ3) is 2.01. The van der Waals surface area contributed by atoms with Gasteiger partial charge < -0.3 is 14.6 Å². The summed E-state index contributed by atoms with van der Waals surface area (Å²) in [7, 11) is 1.60. The normalized spacial score (nSPS) is 15.8. The van der Waals surface area contributed by atoms with Crippen molar-refractivity contribution in [2.24, 2.45) is 13.0 Å². The molecule has 1 aliphatic rings. The topological polar surface area (TPSA) is 88.6 Å². The third-order valence-corrected chi connectivity index (χ3v) is 2.92. The molecule has 1 aliphatic heterocycles. The van der Waals surface area contributed by atoms with Gasteiger partial charge in [0.05, 0.1) is 11.1 Å². The fourth-order valence-corrected chi connectivity index (χ4v) is 1.87. The predicted octanol–water partition coefficient (Wildman–Crippen LogP) is -0.00240. The molecular weight excluding hydrogens is 226 g/mol. The molecule has 1 N–H and O–H groups in total. The Kier molecular flexibility index (Phi) is 2.84. The van der Waals surface area contributed by atoms with E-state index in [2.05, 4.69) is 0 Å². The molecule has 0 unspecified atom stereocenters. The molecule has 0 atom stereocenters. The average molecular weight is 239 g/mol. The minimum absolute atomic E-state index is 0.0665. The molecule has 0 saturated carbocycles. The zero-order valence-electron chi connectivity index (χ0n) is 9.37. The second-order valence-electron chi connectivity index (χ2n) is 4.21. The Bertz CT molecular complexity index is 462. The fraction of sp³-hybridized carbons (Fsp3) is 0.500. The summed E-state index contributed by atoms with van der Waals surface area (Å²) in [6.07, 6.45) is 1.32. The first-order valence-corrected chi connectivity index (χ1v) is 5.23. The Morgan fingerprint density at radius 1 is 1.65 bits per heavy atom. The van der Waals surface area contributed by atoms with E-state index in [0.717, 1.165) is 0 Å². The predicted molar refractivity (Wildman–Crippen MR) is 58.5 cm³/mol. The average Bonchev–Trinajstić information content (AvgIpc) is 2.58. The number of carbonyl (C=O) groups is 1. The largest absolute Gasteiger partial charge is 0.396 e. The number of hydrogen-bond acceptors (Lipinski definition) is 4. The second kappa shape index (κ2) is 4.17. The van der Waals surface area contributed by atoms with Crippen molar-refractivity contribution in [3.05, 3.63) is 28.1 Å². The molecule has 0 radical (unpaired) electrons. The van der Waals surface area contributed by atoms with Crippen LogP contribution in [-0.4, -0.2) is 45.1 Å². The number of aliphatic hydroxyl groups excluding tert-OH is 1. The second-order valence-corrected chi connectivity index (χ2v) is 4.21. The first kappa shape index (κ1) is 11.6. The summed E-state index contributed by atoms with van der Waals surface area (Å²) in [6.45, 7) is 1.08. The highest BCUT2D eigenvalue weighted by molar-refractivity contribution is 5.94. The molecule has 92 valence electrons. The maximum atomic E-state index is 11.9. The number of aryl methyl sites for hydroxylation is 1. The zero-order valence-corrected chi connectivity index (χ0v) is 9.37. The van der Waals surface area contributed by atoms with E-state index in [1.54, 1.807) is 11.9 Å². The van der Waals surface area contributed by atoms with Crippen molar-refractivity contribution in [1.29, 1.82) is 0 Å². The summed E-state index contributed by atoms with van der Waals surface area (Å²) in [5, 5.41) is 19.4. The minimum atomic E-state index is -0.524. The number of carbonyl (C=O) groups excluding carboxylic acids is 1. The SMILES string of the molecule is Cn1cc([N+](=O)[O-])cc1C(=O)N1CC(CO)C1. The van der Waals surface area contributed by atoms with Crippen molar-refractivity contribution < 1.29 is 14.8 Å². The number of amides is 1. The van der Waals surface area contributed by atoms with Crippen LogP contribution in [0.1, 0.15) is 10.5 Å². The van der Waals surface area contributed by atoms with Crippen LogP contribution in [0.2, 0.25) is 0 Å². The first-order valence-electron chi connectivity index (χ1n) is 5.23. The van der Waals surface area contributed by atoms with Crippen LogP contribution in [0.4, 0.5) is 5.69 Å². The van der Waals surface area contributed by atoms with E-state index in [1.807, 2.05) is 0 Å². The Hall–Kier alpha value is -1.89. The molecule has 7 nitrogen and oxygen atoms in total. The molecule has 1 saturated heterocycles. The van der Waals surface area contributed by atoms with E-state index in [0.29, 0.717) is 18.8 Å². The number of rotatable bonds is 3. The molecule has 1 fully saturated rings. The Morgan fingerprint density at radius 2 is 2.29 bits per heavy atom. The van der Waals surface area contributed by atoms with Crippen molar-refractivity contribution in [1.82, 2.24) is 9.47 Å². The summed E-state index contributed by atoms with van der Waals surface area (Å²) in [5.41, 5.74) is 0.211. The molecule has 1 aromatic heterocycles. The van der Waals surface area contributed by atoms with Crippen LogP contribution in [0, 0.1) is 16.0 Å². The van der Waals surface area contributed by atoms with Gasteiger partial charge >= 0.3 is 0 Å². The van der Waals surface area contributed by atoms with Crippen LogP contribution in [0.5, 0.6) is 0 Å². The monoisotopic (exact) mass is 239 g/mol. The molecule has 0 aliphatic carbocycles. The van der Waals surface area contributed by atoms with E-state index >= 15 is 0 Å². The lowest BCUT2D eigenvalue weighted by molar-refractivity contribution is -0.384. The smallest absolute Gasteiger partial charge is 0.287 e. The van der Waals surface area contributed by atoms with Crippen molar-refractivity contribution in [2.75, 3.05) is 19.7 Å². The number of aromatic nitrogens is 1. The fourth-order valence-electron chi connectivity index (χ4n) is 1.87. The van der Waals surface area contributed by atoms with Crippen LogP contribution in [0.3, 0.4) is 0 Å². The number of aliphatic hydroxyl groups is 1. The van der Waals surface area contributed by atoms with Gasteiger partial charge in [0.1, 0.15) is 5.69 Å². The number of likely N-dealkylation sites (tertiary alicyclic amines) is 1.